The number of hydrogen-bond acceptors (Lipinski definition) is 4. The van der Waals surface area contributed by atoms with Crippen molar-refractivity contribution in [2.75, 3.05) is 16.4 Å². The van der Waals surface area contributed by atoms with Crippen molar-refractivity contribution in [2.24, 2.45) is 0 Å². The molecule has 0 bridgehead atoms. The molecule has 20 heavy (non-hydrogen) atoms. The summed E-state index contributed by atoms with van der Waals surface area (Å²) < 4.78 is 23.6. The molecule has 0 saturated carbocycles. The smallest absolute Gasteiger partial charge is 0.242 e. The molecule has 1 aromatic carbocycles. The molecule has 1 amide bonds. The lowest BCUT2D eigenvalue weighted by molar-refractivity contribution is -0.116. The van der Waals surface area contributed by atoms with Crippen LogP contribution in [0.5, 0.6) is 0 Å². The number of anilines is 1. The lowest BCUT2D eigenvalue weighted by atomic mass is 10.1. The van der Waals surface area contributed by atoms with E-state index in [0.29, 0.717) is 0 Å². The van der Waals surface area contributed by atoms with Crippen LogP contribution < -0.4 is 4.90 Å². The predicted molar refractivity (Wildman–Crippen MR) is 77.4 cm³/mol. The first kappa shape index (κ1) is 15.0. The van der Waals surface area contributed by atoms with Crippen molar-refractivity contribution < 1.29 is 18.3 Å². The van der Waals surface area contributed by atoms with Gasteiger partial charge in [-0.2, -0.15) is 0 Å². The van der Waals surface area contributed by atoms with Gasteiger partial charge in [0.1, 0.15) is 5.75 Å². The molecule has 1 aliphatic rings. The molecule has 0 spiro atoms. The van der Waals surface area contributed by atoms with E-state index in [1.54, 1.807) is 4.90 Å². The predicted octanol–water partition coefficient (Wildman–Crippen LogP) is 0.760. The topological polar surface area (TPSA) is 74.7 Å². The van der Waals surface area contributed by atoms with Crippen LogP contribution in [0, 0.1) is 0 Å². The summed E-state index contributed by atoms with van der Waals surface area (Å²) in [6.07, 6.45) is -0.227. The van der Waals surface area contributed by atoms with Crippen LogP contribution in [0.15, 0.2) is 24.3 Å². The monoisotopic (exact) mass is 297 g/mol. The van der Waals surface area contributed by atoms with Crippen molar-refractivity contribution in [1.82, 2.24) is 0 Å². The van der Waals surface area contributed by atoms with Gasteiger partial charge >= 0.3 is 0 Å². The molecule has 110 valence electrons. The average Bonchev–Trinajstić information content (AvgIpc) is 2.61. The number of hydrogen-bond donors (Lipinski definition) is 1. The minimum absolute atomic E-state index is 0.0401. The maximum atomic E-state index is 12.3. The summed E-state index contributed by atoms with van der Waals surface area (Å²) in [7, 11) is -3.58. The van der Waals surface area contributed by atoms with Crippen molar-refractivity contribution in [3.05, 3.63) is 29.8 Å². The Hall–Kier alpha value is -1.40. The molecule has 0 aromatic heterocycles. The van der Waals surface area contributed by atoms with Crippen molar-refractivity contribution in [1.29, 1.82) is 0 Å². The normalized spacial score (nSPS) is 19.8. The number of carbonyl (C=O) groups is 1. The van der Waals surface area contributed by atoms with E-state index in [9.17, 15) is 18.3 Å². The van der Waals surface area contributed by atoms with Crippen molar-refractivity contribution in [3.8, 4) is 0 Å². The molecule has 2 atom stereocenters. The average molecular weight is 297 g/mol. The van der Waals surface area contributed by atoms with Gasteiger partial charge in [0.2, 0.25) is 5.91 Å². The van der Waals surface area contributed by atoms with E-state index in [4.69, 9.17) is 0 Å². The van der Waals surface area contributed by atoms with E-state index in [0.717, 1.165) is 17.7 Å². The fraction of sp³-hybridized carbons (Fsp3) is 0.500. The summed E-state index contributed by atoms with van der Waals surface area (Å²) in [5.74, 6) is -1.37. The molecule has 6 heteroatoms. The quantitative estimate of drug-likeness (QED) is 0.890. The Bertz CT molecular complexity index is 609. The number of fused-ring (bicyclic) bond motifs is 1. The summed E-state index contributed by atoms with van der Waals surface area (Å²) in [5, 5.41) is 9.17. The number of nitrogens with zero attached hydrogens (tertiary/aromatic N) is 1. The Morgan fingerprint density at radius 3 is 2.75 bits per heavy atom. The molecule has 1 aromatic rings. The summed E-state index contributed by atoms with van der Waals surface area (Å²) in [6.45, 7) is 3.30. The third-order valence-electron chi connectivity index (χ3n) is 3.31. The van der Waals surface area contributed by atoms with Crippen LogP contribution in [0.3, 0.4) is 0 Å². The van der Waals surface area contributed by atoms with Gasteiger partial charge in [0.05, 0.1) is 11.9 Å². The zero-order valence-electron chi connectivity index (χ0n) is 11.6. The molecule has 0 saturated heterocycles. The first-order valence-corrected chi connectivity index (χ1v) is 8.41. The fourth-order valence-electron chi connectivity index (χ4n) is 2.63. The van der Waals surface area contributed by atoms with Gasteiger partial charge in [-0.25, -0.2) is 8.42 Å². The van der Waals surface area contributed by atoms with Crippen LogP contribution in [0.1, 0.15) is 19.4 Å². The Labute approximate surface area is 119 Å². The van der Waals surface area contributed by atoms with E-state index in [-0.39, 0.29) is 11.8 Å². The highest BCUT2D eigenvalue weighted by Gasteiger charge is 2.32. The lowest BCUT2D eigenvalue weighted by Crippen LogP contribution is -2.40. The van der Waals surface area contributed by atoms with Crippen molar-refractivity contribution in [2.45, 2.75) is 32.4 Å². The van der Waals surface area contributed by atoms with E-state index < -0.39 is 27.6 Å². The van der Waals surface area contributed by atoms with Gasteiger partial charge in [0.15, 0.2) is 9.84 Å². The standard InChI is InChI=1S/C14H19NO4S/c1-10-7-12-5-3-4-6-13(12)15(10)14(17)9-20(18,19)8-11(2)16/h3-6,10-11,16H,7-9H2,1-2H3. The van der Waals surface area contributed by atoms with Gasteiger partial charge in [0.25, 0.3) is 0 Å². The maximum absolute atomic E-state index is 12.3. The second kappa shape index (κ2) is 5.54. The van der Waals surface area contributed by atoms with Crippen LogP contribution in [0.2, 0.25) is 0 Å². The number of amides is 1. The van der Waals surface area contributed by atoms with Crippen LogP contribution in [-0.4, -0.2) is 43.1 Å². The molecule has 0 fully saturated rings. The van der Waals surface area contributed by atoms with Crippen LogP contribution in [0.4, 0.5) is 5.69 Å². The second-order valence-electron chi connectivity index (χ2n) is 5.35. The molecule has 1 heterocycles. The van der Waals surface area contributed by atoms with Crippen LogP contribution in [-0.2, 0) is 21.1 Å². The van der Waals surface area contributed by atoms with Crippen molar-refractivity contribution in [3.63, 3.8) is 0 Å². The van der Waals surface area contributed by atoms with Gasteiger partial charge in [-0.1, -0.05) is 18.2 Å². The molecular formula is C14H19NO4S. The maximum Gasteiger partial charge on any atom is 0.242 e. The highest BCUT2D eigenvalue weighted by molar-refractivity contribution is 7.92. The largest absolute Gasteiger partial charge is 0.392 e. The number of para-hydroxylation sites is 1. The van der Waals surface area contributed by atoms with Crippen molar-refractivity contribution >= 4 is 21.4 Å². The number of aliphatic hydroxyl groups is 1. The third kappa shape index (κ3) is 3.19. The molecule has 2 unspecified atom stereocenters. The Kier molecular flexibility index (Phi) is 4.15. The number of benzene rings is 1. The molecule has 2 rings (SSSR count). The first-order valence-electron chi connectivity index (χ1n) is 6.58. The van der Waals surface area contributed by atoms with E-state index in [1.165, 1.54) is 6.92 Å². The zero-order valence-corrected chi connectivity index (χ0v) is 12.4. The number of rotatable bonds is 4. The van der Waals surface area contributed by atoms with E-state index in [1.807, 2.05) is 31.2 Å². The fourth-order valence-corrected chi connectivity index (χ4v) is 4.00. The van der Waals surface area contributed by atoms with Crippen LogP contribution >= 0.6 is 0 Å². The SMILES string of the molecule is CC(O)CS(=O)(=O)CC(=O)N1c2ccccc2CC1C. The minimum atomic E-state index is -3.58. The molecule has 1 N–H and O–H groups in total. The lowest BCUT2D eigenvalue weighted by Gasteiger charge is -2.22. The van der Waals surface area contributed by atoms with Gasteiger partial charge in [-0.05, 0) is 31.9 Å². The summed E-state index contributed by atoms with van der Waals surface area (Å²) in [5.41, 5.74) is 1.85. The molecule has 0 radical (unpaired) electrons. The van der Waals surface area contributed by atoms with Gasteiger partial charge in [0, 0.05) is 11.7 Å². The van der Waals surface area contributed by atoms with Gasteiger partial charge in [-0.15, -0.1) is 0 Å². The minimum Gasteiger partial charge on any atom is -0.392 e. The highest BCUT2D eigenvalue weighted by Crippen LogP contribution is 2.31. The number of aliphatic hydroxyl groups excluding tert-OH is 1. The van der Waals surface area contributed by atoms with Crippen LogP contribution in [0.25, 0.3) is 0 Å². The summed E-state index contributed by atoms with van der Waals surface area (Å²) in [6, 6.07) is 7.48. The first-order chi connectivity index (χ1) is 9.30. The third-order valence-corrected chi connectivity index (χ3v) is 4.99. The molecule has 1 aliphatic heterocycles. The summed E-state index contributed by atoms with van der Waals surface area (Å²) >= 11 is 0. The zero-order chi connectivity index (χ0) is 14.9. The molecular weight excluding hydrogens is 278 g/mol. The Balaban J connectivity index is 2.18. The molecule has 5 nitrogen and oxygen atoms in total. The van der Waals surface area contributed by atoms with Gasteiger partial charge in [-0.3, -0.25) is 4.79 Å². The Morgan fingerprint density at radius 2 is 2.10 bits per heavy atom. The number of carbonyl (C=O) groups excluding carboxylic acids is 1. The molecule has 0 aliphatic carbocycles. The van der Waals surface area contributed by atoms with Gasteiger partial charge < -0.3 is 10.0 Å². The summed E-state index contributed by atoms with van der Waals surface area (Å²) in [4.78, 5) is 13.8. The van der Waals surface area contributed by atoms with E-state index >= 15 is 0 Å². The van der Waals surface area contributed by atoms with E-state index in [2.05, 4.69) is 0 Å². The second-order valence-corrected chi connectivity index (χ2v) is 7.46. The number of sulfone groups is 1. The highest BCUT2D eigenvalue weighted by atomic mass is 32.2. The Morgan fingerprint density at radius 1 is 1.45 bits per heavy atom.